The van der Waals surface area contributed by atoms with Gasteiger partial charge in [0.25, 0.3) is 5.91 Å². The highest BCUT2D eigenvalue weighted by atomic mass is 19.1. The molecule has 1 amide bonds. The van der Waals surface area contributed by atoms with E-state index in [1.54, 1.807) is 24.3 Å². The van der Waals surface area contributed by atoms with E-state index >= 15 is 0 Å². The van der Waals surface area contributed by atoms with Crippen LogP contribution in [-0.4, -0.2) is 29.1 Å². The second kappa shape index (κ2) is 8.69. The lowest BCUT2D eigenvalue weighted by Gasteiger charge is -2.38. The smallest absolute Gasteiger partial charge is 0.253 e. The highest BCUT2D eigenvalue weighted by Crippen LogP contribution is 2.30. The van der Waals surface area contributed by atoms with Crippen molar-refractivity contribution in [3.63, 3.8) is 0 Å². The Bertz CT molecular complexity index is 808. The molecule has 1 N–H and O–H groups in total. The van der Waals surface area contributed by atoms with E-state index in [9.17, 15) is 9.18 Å². The lowest BCUT2D eigenvalue weighted by atomic mass is 9.84. The Morgan fingerprint density at radius 1 is 1.39 bits per heavy atom. The van der Waals surface area contributed by atoms with Crippen LogP contribution in [0.5, 0.6) is 5.88 Å². The number of rotatable bonds is 6. The van der Waals surface area contributed by atoms with Gasteiger partial charge in [-0.2, -0.15) is 0 Å². The van der Waals surface area contributed by atoms with Crippen molar-refractivity contribution in [2.24, 2.45) is 5.92 Å². The van der Waals surface area contributed by atoms with Gasteiger partial charge in [-0.1, -0.05) is 12.1 Å². The van der Waals surface area contributed by atoms with Gasteiger partial charge in [0.2, 0.25) is 5.88 Å². The minimum Gasteiger partial charge on any atom is -0.473 e. The van der Waals surface area contributed by atoms with Crippen molar-refractivity contribution in [1.82, 2.24) is 10.3 Å². The summed E-state index contributed by atoms with van der Waals surface area (Å²) in [6.07, 6.45) is 3.35. The zero-order valence-electron chi connectivity index (χ0n) is 16.6. The lowest BCUT2D eigenvalue weighted by Crippen LogP contribution is -2.44. The quantitative estimate of drug-likeness (QED) is 0.811. The summed E-state index contributed by atoms with van der Waals surface area (Å²) in [6.45, 7) is 7.14. The van der Waals surface area contributed by atoms with Crippen molar-refractivity contribution in [3.8, 4) is 5.88 Å². The summed E-state index contributed by atoms with van der Waals surface area (Å²) in [7, 11) is 0. The molecule has 3 rings (SSSR count). The molecule has 1 aliphatic heterocycles. The average Bonchev–Trinajstić information content (AvgIpc) is 2.66. The van der Waals surface area contributed by atoms with E-state index in [0.717, 1.165) is 25.0 Å². The SMILES string of the molecule is C[C@@H](NC(=O)c1ccc(OCc2cccc(F)c2)nc1)C1CCOC(C)(C)C1. The van der Waals surface area contributed by atoms with Crippen molar-refractivity contribution in [3.05, 3.63) is 59.5 Å². The van der Waals surface area contributed by atoms with Crippen LogP contribution in [0.2, 0.25) is 0 Å². The molecule has 1 aromatic carbocycles. The van der Waals surface area contributed by atoms with Gasteiger partial charge in [0.15, 0.2) is 0 Å². The van der Waals surface area contributed by atoms with Crippen molar-refractivity contribution >= 4 is 5.91 Å². The van der Waals surface area contributed by atoms with Crippen LogP contribution in [0.25, 0.3) is 0 Å². The minimum atomic E-state index is -0.303. The number of hydrogen-bond acceptors (Lipinski definition) is 4. The van der Waals surface area contributed by atoms with Crippen LogP contribution >= 0.6 is 0 Å². The van der Waals surface area contributed by atoms with Gasteiger partial charge in [-0.25, -0.2) is 9.37 Å². The van der Waals surface area contributed by atoms with Gasteiger partial charge in [-0.15, -0.1) is 0 Å². The standard InChI is InChI=1S/C22H27FN2O3/c1-15(17-9-10-28-22(2,3)12-17)25-21(26)18-7-8-20(24-13-18)27-14-16-5-4-6-19(23)11-16/h4-8,11,13,15,17H,9-10,12,14H2,1-3H3,(H,25,26)/t15-,17?/m1/s1. The predicted molar refractivity (Wildman–Crippen MR) is 105 cm³/mol. The van der Waals surface area contributed by atoms with Crippen LogP contribution < -0.4 is 10.1 Å². The van der Waals surface area contributed by atoms with E-state index in [2.05, 4.69) is 24.1 Å². The van der Waals surface area contributed by atoms with Gasteiger partial charge in [0.1, 0.15) is 12.4 Å². The third-order valence-electron chi connectivity index (χ3n) is 5.08. The summed E-state index contributed by atoms with van der Waals surface area (Å²) < 4.78 is 24.5. The maximum atomic E-state index is 13.2. The highest BCUT2D eigenvalue weighted by molar-refractivity contribution is 5.94. The molecule has 6 heteroatoms. The average molecular weight is 386 g/mol. The van der Waals surface area contributed by atoms with Gasteiger partial charge < -0.3 is 14.8 Å². The Morgan fingerprint density at radius 3 is 2.89 bits per heavy atom. The largest absolute Gasteiger partial charge is 0.473 e. The first-order chi connectivity index (χ1) is 13.3. The third-order valence-corrected chi connectivity index (χ3v) is 5.08. The Balaban J connectivity index is 1.53. The van der Waals surface area contributed by atoms with E-state index in [1.807, 2.05) is 6.92 Å². The van der Waals surface area contributed by atoms with Gasteiger partial charge >= 0.3 is 0 Å². The van der Waals surface area contributed by atoms with Crippen molar-refractivity contribution in [2.75, 3.05) is 6.61 Å². The third kappa shape index (κ3) is 5.52. The zero-order chi connectivity index (χ0) is 20.1. The summed E-state index contributed by atoms with van der Waals surface area (Å²) >= 11 is 0. The molecular formula is C22H27FN2O3. The Morgan fingerprint density at radius 2 is 2.21 bits per heavy atom. The van der Waals surface area contributed by atoms with Crippen LogP contribution in [0.4, 0.5) is 4.39 Å². The number of nitrogens with one attached hydrogen (secondary N) is 1. The fourth-order valence-electron chi connectivity index (χ4n) is 3.50. The summed E-state index contributed by atoms with van der Waals surface area (Å²) in [5, 5.41) is 3.07. The summed E-state index contributed by atoms with van der Waals surface area (Å²) in [5.41, 5.74) is 1.05. The molecule has 0 bridgehead atoms. The van der Waals surface area contributed by atoms with Crippen LogP contribution in [0.3, 0.4) is 0 Å². The molecule has 0 radical (unpaired) electrons. The first kappa shape index (κ1) is 20.3. The van der Waals surface area contributed by atoms with Crippen molar-refractivity contribution in [1.29, 1.82) is 0 Å². The minimum absolute atomic E-state index is 0.0552. The second-order valence-corrected chi connectivity index (χ2v) is 7.93. The fraction of sp³-hybridized carbons (Fsp3) is 0.455. The van der Waals surface area contributed by atoms with Crippen LogP contribution in [-0.2, 0) is 11.3 Å². The fourth-order valence-corrected chi connectivity index (χ4v) is 3.50. The number of hydrogen-bond donors (Lipinski definition) is 1. The van der Waals surface area contributed by atoms with E-state index in [4.69, 9.17) is 9.47 Å². The number of benzene rings is 1. The zero-order valence-corrected chi connectivity index (χ0v) is 16.6. The summed E-state index contributed by atoms with van der Waals surface area (Å²) in [5.74, 6) is 0.318. The van der Waals surface area contributed by atoms with E-state index < -0.39 is 0 Å². The number of halogens is 1. The maximum absolute atomic E-state index is 13.2. The lowest BCUT2D eigenvalue weighted by molar-refractivity contribution is -0.0768. The second-order valence-electron chi connectivity index (χ2n) is 7.93. The van der Waals surface area contributed by atoms with Crippen LogP contribution in [0, 0.1) is 11.7 Å². The van der Waals surface area contributed by atoms with Gasteiger partial charge in [-0.05, 0) is 63.3 Å². The summed E-state index contributed by atoms with van der Waals surface area (Å²) in [4.78, 5) is 16.7. The number of carbonyl (C=O) groups excluding carboxylic acids is 1. The first-order valence-electron chi connectivity index (χ1n) is 9.60. The predicted octanol–water partition coefficient (Wildman–Crippen LogP) is 4.12. The Kier molecular flexibility index (Phi) is 6.29. The molecule has 1 saturated heterocycles. The normalized spacial score (nSPS) is 19.6. The molecular weight excluding hydrogens is 359 g/mol. The molecule has 1 unspecified atom stereocenters. The summed E-state index contributed by atoms with van der Waals surface area (Å²) in [6, 6.07) is 9.61. The molecule has 28 heavy (non-hydrogen) atoms. The van der Waals surface area contributed by atoms with Crippen molar-refractivity contribution < 1.29 is 18.7 Å². The molecule has 0 saturated carbocycles. The molecule has 2 heterocycles. The molecule has 1 aliphatic rings. The van der Waals surface area contributed by atoms with E-state index in [-0.39, 0.29) is 30.0 Å². The Hall–Kier alpha value is -2.47. The Labute approximate surface area is 165 Å². The van der Waals surface area contributed by atoms with Crippen LogP contribution in [0.1, 0.15) is 49.5 Å². The van der Waals surface area contributed by atoms with Crippen LogP contribution in [0.15, 0.2) is 42.6 Å². The number of nitrogens with zero attached hydrogens (tertiary/aromatic N) is 1. The molecule has 0 aliphatic carbocycles. The molecule has 2 aromatic rings. The molecule has 1 fully saturated rings. The van der Waals surface area contributed by atoms with Crippen molar-refractivity contribution in [2.45, 2.75) is 51.9 Å². The van der Waals surface area contributed by atoms with Gasteiger partial charge in [-0.3, -0.25) is 4.79 Å². The molecule has 150 valence electrons. The van der Waals surface area contributed by atoms with Gasteiger partial charge in [0.05, 0.1) is 11.2 Å². The molecule has 5 nitrogen and oxygen atoms in total. The van der Waals surface area contributed by atoms with E-state index in [1.165, 1.54) is 18.3 Å². The monoisotopic (exact) mass is 386 g/mol. The maximum Gasteiger partial charge on any atom is 0.253 e. The number of aromatic nitrogens is 1. The van der Waals surface area contributed by atoms with Gasteiger partial charge in [0, 0.05) is 24.9 Å². The molecule has 1 aromatic heterocycles. The number of amides is 1. The molecule has 2 atom stereocenters. The highest BCUT2D eigenvalue weighted by Gasteiger charge is 2.32. The number of ether oxygens (including phenoxy) is 2. The molecule has 0 spiro atoms. The topological polar surface area (TPSA) is 60.5 Å². The number of carbonyl (C=O) groups is 1. The first-order valence-corrected chi connectivity index (χ1v) is 9.60. The number of pyridine rings is 1. The van der Waals surface area contributed by atoms with E-state index in [0.29, 0.717) is 17.4 Å².